The fourth-order valence-electron chi connectivity index (χ4n) is 11.6. The van der Waals surface area contributed by atoms with E-state index < -0.39 is 97.5 Å². The van der Waals surface area contributed by atoms with E-state index in [9.17, 15) is 43.2 Å². The van der Waals surface area contributed by atoms with Crippen LogP contribution in [0.25, 0.3) is 0 Å². The summed E-state index contributed by atoms with van der Waals surface area (Å²) in [6.45, 7) is 9.63. The monoisotopic (exact) mass is 1400 g/mol. The third-order valence-electron chi connectivity index (χ3n) is 18.4. The van der Waals surface area contributed by atoms with E-state index in [0.29, 0.717) is 25.7 Å². The highest BCUT2D eigenvalue weighted by Gasteiger charge is 2.30. The summed E-state index contributed by atoms with van der Waals surface area (Å²) in [6, 6.07) is 0. The predicted molar refractivity (Wildman–Crippen MR) is 386 cm³/mol. The molecule has 4 unspecified atom stereocenters. The number of aliphatic hydroxyl groups is 1. The topological polar surface area (TPSA) is 237 Å². The van der Waals surface area contributed by atoms with Gasteiger partial charge >= 0.3 is 39.5 Å². The van der Waals surface area contributed by atoms with E-state index in [4.69, 9.17) is 37.0 Å². The molecular weight excluding hydrogens is 1250 g/mol. The lowest BCUT2D eigenvalue weighted by molar-refractivity contribution is -0.161. The largest absolute Gasteiger partial charge is 0.472 e. The standard InChI is InChI=1S/C76H148O17P2/c1-7-11-13-15-17-19-21-23-24-25-26-27-29-35-42-48-54-60-75(80)92-71(64-87-74(79)59-53-47-41-34-31-30-32-38-44-50-56-68(5)9-3)66-90-94(82,83)88-62-70(77)63-89-95(84,85)91-67-72(93-76(81)61-55-49-43-37-36-39-45-51-57-69(6)10-4)65-86-73(78)58-52-46-40-33-28-22-20-18-16-14-12-8-2/h68-72,77H,7-67H2,1-6H3,(H,82,83)(H,84,85)/t68?,69?,70-,71-,72-/m1/s1. The van der Waals surface area contributed by atoms with Gasteiger partial charge in [-0.25, -0.2) is 9.13 Å². The first-order chi connectivity index (χ1) is 45.9. The molecule has 0 amide bonds. The number of ether oxygens (including phenoxy) is 4. The number of hydrogen-bond donors (Lipinski definition) is 3. The minimum Gasteiger partial charge on any atom is -0.462 e. The van der Waals surface area contributed by atoms with Crippen LogP contribution in [0.3, 0.4) is 0 Å². The van der Waals surface area contributed by atoms with E-state index in [-0.39, 0.29) is 25.7 Å². The van der Waals surface area contributed by atoms with Crippen LogP contribution in [0.15, 0.2) is 0 Å². The predicted octanol–water partition coefficient (Wildman–Crippen LogP) is 22.3. The Labute approximate surface area is 581 Å². The van der Waals surface area contributed by atoms with Gasteiger partial charge < -0.3 is 33.8 Å². The van der Waals surface area contributed by atoms with Gasteiger partial charge in [0.2, 0.25) is 0 Å². The van der Waals surface area contributed by atoms with Crippen LogP contribution < -0.4 is 0 Å². The molecule has 0 aromatic carbocycles. The molecule has 564 valence electrons. The molecule has 0 spiro atoms. The summed E-state index contributed by atoms with van der Waals surface area (Å²) in [5.74, 6) is -0.536. The molecule has 0 aliphatic rings. The van der Waals surface area contributed by atoms with Gasteiger partial charge in [0.1, 0.15) is 19.3 Å². The van der Waals surface area contributed by atoms with Gasteiger partial charge in [0.15, 0.2) is 12.2 Å². The van der Waals surface area contributed by atoms with E-state index in [1.54, 1.807) is 0 Å². The normalized spacial score (nSPS) is 14.6. The minimum atomic E-state index is -4.96. The lowest BCUT2D eigenvalue weighted by Gasteiger charge is -2.21. The van der Waals surface area contributed by atoms with Crippen molar-refractivity contribution in [1.29, 1.82) is 0 Å². The van der Waals surface area contributed by atoms with Crippen molar-refractivity contribution in [3.63, 3.8) is 0 Å². The summed E-state index contributed by atoms with van der Waals surface area (Å²) in [5.41, 5.74) is 0. The average Bonchev–Trinajstić information content (AvgIpc) is 3.22. The molecule has 95 heavy (non-hydrogen) atoms. The molecule has 17 nitrogen and oxygen atoms in total. The molecule has 0 heterocycles. The maximum atomic E-state index is 13.1. The second-order valence-corrected chi connectivity index (χ2v) is 30.8. The van der Waals surface area contributed by atoms with Crippen molar-refractivity contribution >= 4 is 39.5 Å². The molecule has 0 saturated carbocycles. The summed E-state index contributed by atoms with van der Waals surface area (Å²) in [5, 5.41) is 10.6. The van der Waals surface area contributed by atoms with E-state index >= 15 is 0 Å². The number of aliphatic hydroxyl groups excluding tert-OH is 1. The molecule has 19 heteroatoms. The first kappa shape index (κ1) is 93.1. The van der Waals surface area contributed by atoms with Gasteiger partial charge in [0.25, 0.3) is 0 Å². The van der Waals surface area contributed by atoms with Crippen molar-refractivity contribution in [2.24, 2.45) is 11.8 Å². The third-order valence-corrected chi connectivity index (χ3v) is 20.3. The summed E-state index contributed by atoms with van der Waals surface area (Å²) in [7, 11) is -9.91. The van der Waals surface area contributed by atoms with Crippen LogP contribution in [0, 0.1) is 11.8 Å². The zero-order valence-corrected chi connectivity index (χ0v) is 63.8. The van der Waals surface area contributed by atoms with Crippen molar-refractivity contribution in [1.82, 2.24) is 0 Å². The Hall–Kier alpha value is -1.94. The Morgan fingerprint density at radius 3 is 0.747 bits per heavy atom. The Morgan fingerprint density at radius 1 is 0.295 bits per heavy atom. The number of rotatable bonds is 75. The number of unbranched alkanes of at least 4 members (excludes halogenated alkanes) is 43. The molecule has 0 aliphatic carbocycles. The number of hydrogen-bond acceptors (Lipinski definition) is 15. The van der Waals surface area contributed by atoms with Gasteiger partial charge in [-0.2, -0.15) is 0 Å². The van der Waals surface area contributed by atoms with E-state index in [2.05, 4.69) is 41.5 Å². The van der Waals surface area contributed by atoms with Gasteiger partial charge in [0.05, 0.1) is 26.4 Å². The van der Waals surface area contributed by atoms with Crippen LogP contribution in [0.4, 0.5) is 0 Å². The van der Waals surface area contributed by atoms with Gasteiger partial charge in [0, 0.05) is 25.7 Å². The van der Waals surface area contributed by atoms with Gasteiger partial charge in [-0.15, -0.1) is 0 Å². The van der Waals surface area contributed by atoms with Crippen LogP contribution in [0.1, 0.15) is 395 Å². The van der Waals surface area contributed by atoms with Crippen molar-refractivity contribution in [2.45, 2.75) is 413 Å². The summed E-state index contributed by atoms with van der Waals surface area (Å²) >= 11 is 0. The van der Waals surface area contributed by atoms with Crippen LogP contribution in [0.2, 0.25) is 0 Å². The quantitative estimate of drug-likeness (QED) is 0.0222. The van der Waals surface area contributed by atoms with Crippen LogP contribution in [0.5, 0.6) is 0 Å². The second-order valence-electron chi connectivity index (χ2n) is 27.9. The van der Waals surface area contributed by atoms with Gasteiger partial charge in [-0.05, 0) is 37.5 Å². The van der Waals surface area contributed by atoms with E-state index in [0.717, 1.165) is 102 Å². The minimum absolute atomic E-state index is 0.105. The van der Waals surface area contributed by atoms with E-state index in [1.807, 2.05) is 0 Å². The van der Waals surface area contributed by atoms with Crippen molar-refractivity contribution in [3.8, 4) is 0 Å². The molecule has 7 atom stereocenters. The molecule has 0 aromatic rings. The van der Waals surface area contributed by atoms with Gasteiger partial charge in [-0.1, -0.05) is 343 Å². The number of phosphoric ester groups is 2. The fourth-order valence-corrected chi connectivity index (χ4v) is 13.2. The summed E-state index contributed by atoms with van der Waals surface area (Å²) in [4.78, 5) is 72.8. The smallest absolute Gasteiger partial charge is 0.462 e. The highest BCUT2D eigenvalue weighted by molar-refractivity contribution is 7.47. The zero-order chi connectivity index (χ0) is 70.0. The lowest BCUT2D eigenvalue weighted by Crippen LogP contribution is -2.30. The first-order valence-electron chi connectivity index (χ1n) is 39.6. The number of esters is 4. The molecule has 0 radical (unpaired) electrons. The number of carbonyl (C=O) groups excluding carboxylic acids is 4. The van der Waals surface area contributed by atoms with Crippen LogP contribution in [-0.4, -0.2) is 96.7 Å². The van der Waals surface area contributed by atoms with Crippen molar-refractivity contribution in [2.75, 3.05) is 39.6 Å². The maximum absolute atomic E-state index is 13.1. The molecular formula is C76H148O17P2. The average molecular weight is 1400 g/mol. The molecule has 0 rings (SSSR count). The summed E-state index contributed by atoms with van der Waals surface area (Å²) < 4.78 is 68.6. The second kappa shape index (κ2) is 67.9. The number of phosphoric acid groups is 2. The van der Waals surface area contributed by atoms with Crippen molar-refractivity contribution in [3.05, 3.63) is 0 Å². The Morgan fingerprint density at radius 2 is 0.505 bits per heavy atom. The molecule has 0 aliphatic heterocycles. The Balaban J connectivity index is 5.26. The molecule has 0 fully saturated rings. The highest BCUT2D eigenvalue weighted by Crippen LogP contribution is 2.45. The van der Waals surface area contributed by atoms with E-state index in [1.165, 1.54) is 212 Å². The van der Waals surface area contributed by atoms with Crippen LogP contribution >= 0.6 is 15.6 Å². The lowest BCUT2D eigenvalue weighted by atomic mass is 9.99. The number of carbonyl (C=O) groups is 4. The molecule has 0 aromatic heterocycles. The third kappa shape index (κ3) is 67.6. The first-order valence-corrected chi connectivity index (χ1v) is 42.6. The SMILES string of the molecule is CCCCCCCCCCCCCCCCCCCC(=O)O[C@H](COC(=O)CCCCCCCCCCCCC(C)CC)COP(=O)(O)OC[C@@H](O)COP(=O)(O)OC[C@@H](COC(=O)CCCCCCCCCCCCCC)OC(=O)CCCCCCCCCCC(C)CC. The van der Waals surface area contributed by atoms with Crippen molar-refractivity contribution < 1.29 is 80.2 Å². The zero-order valence-electron chi connectivity index (χ0n) is 62.0. The molecule has 0 saturated heterocycles. The Kier molecular flexibility index (Phi) is 66.5. The fraction of sp³-hybridized carbons (Fsp3) is 0.947. The van der Waals surface area contributed by atoms with Crippen LogP contribution in [-0.2, 0) is 65.4 Å². The maximum Gasteiger partial charge on any atom is 0.472 e. The van der Waals surface area contributed by atoms with Gasteiger partial charge in [-0.3, -0.25) is 37.3 Å². The molecule has 0 bridgehead atoms. The highest BCUT2D eigenvalue weighted by atomic mass is 31.2. The molecule has 3 N–H and O–H groups in total. The Bertz CT molecular complexity index is 1840. The summed E-state index contributed by atoms with van der Waals surface area (Å²) in [6.07, 6.45) is 55.2.